The molecule has 1 heterocycles. The highest BCUT2D eigenvalue weighted by Crippen LogP contribution is 2.44. The van der Waals surface area contributed by atoms with Gasteiger partial charge in [-0.25, -0.2) is 9.48 Å². The largest absolute Gasteiger partial charge is 0.478 e. The van der Waals surface area contributed by atoms with E-state index in [9.17, 15) is 31.1 Å². The second-order valence-electron chi connectivity index (χ2n) is 4.12. The maximum Gasteiger partial charge on any atom is 0.419 e. The molecule has 2 rings (SSSR count). The molecule has 1 aromatic heterocycles. The molecule has 0 aliphatic heterocycles. The summed E-state index contributed by atoms with van der Waals surface area (Å²) >= 11 is 5.62. The van der Waals surface area contributed by atoms with E-state index in [0.717, 1.165) is 12.1 Å². The average Bonchev–Trinajstić information content (AvgIpc) is 2.70. The van der Waals surface area contributed by atoms with Crippen LogP contribution in [0.4, 0.5) is 26.3 Å². The molecule has 22 heavy (non-hydrogen) atoms. The normalized spacial score (nSPS) is 13.1. The fourth-order valence-electron chi connectivity index (χ4n) is 1.79. The van der Waals surface area contributed by atoms with Crippen LogP contribution in [-0.4, -0.2) is 38.4 Å². The van der Waals surface area contributed by atoms with Gasteiger partial charge in [-0.2, -0.15) is 26.3 Å². The second-order valence-corrected chi connectivity index (χ2v) is 4.50. The zero-order valence-electron chi connectivity index (χ0n) is 10.1. The fourth-order valence-corrected chi connectivity index (χ4v) is 2.07. The first kappa shape index (κ1) is 16.3. The van der Waals surface area contributed by atoms with E-state index in [1.54, 1.807) is 0 Å². The number of carbonyl (C=O) groups is 1. The van der Waals surface area contributed by atoms with Crippen LogP contribution in [0.1, 0.15) is 16.4 Å². The molecule has 5 nitrogen and oxygen atoms in total. The van der Waals surface area contributed by atoms with Crippen LogP contribution in [0.25, 0.3) is 11.0 Å². The molecule has 0 saturated heterocycles. The minimum atomic E-state index is -5.67. The van der Waals surface area contributed by atoms with E-state index in [2.05, 4.69) is 10.3 Å². The van der Waals surface area contributed by atoms with Gasteiger partial charge in [0.1, 0.15) is 5.52 Å². The second kappa shape index (κ2) is 5.00. The molecule has 0 radical (unpaired) electrons. The molecule has 1 aromatic carbocycles. The average molecular weight is 348 g/mol. The van der Waals surface area contributed by atoms with E-state index >= 15 is 0 Å². The number of hydrogen-bond acceptors (Lipinski definition) is 3. The summed E-state index contributed by atoms with van der Waals surface area (Å²) < 4.78 is 75.7. The molecule has 12 heteroatoms. The van der Waals surface area contributed by atoms with Crippen molar-refractivity contribution in [3.63, 3.8) is 0 Å². The smallest absolute Gasteiger partial charge is 0.419 e. The number of carboxylic acids is 1. The number of alkyl halides is 6. The Bertz CT molecular complexity index is 725. The minimum Gasteiger partial charge on any atom is -0.478 e. The summed E-state index contributed by atoms with van der Waals surface area (Å²) in [4.78, 5) is 10.8. The highest BCUT2D eigenvalue weighted by atomic mass is 35.5. The number of halogens is 7. The predicted molar refractivity (Wildman–Crippen MR) is 60.6 cm³/mol. The van der Waals surface area contributed by atoms with Crippen LogP contribution in [0, 0.1) is 0 Å². The Morgan fingerprint density at radius 1 is 1.18 bits per heavy atom. The van der Waals surface area contributed by atoms with E-state index in [0.29, 0.717) is 0 Å². The SMILES string of the molecule is O=C(O)c1ccc2c(nnn2C(C(F)(F)F)C(F)(F)F)c1Cl. The van der Waals surface area contributed by atoms with Crippen LogP contribution in [0.15, 0.2) is 12.1 Å². The van der Waals surface area contributed by atoms with Crippen molar-refractivity contribution in [2.24, 2.45) is 0 Å². The molecule has 0 amide bonds. The summed E-state index contributed by atoms with van der Waals surface area (Å²) in [6, 6.07) is -2.41. The van der Waals surface area contributed by atoms with Gasteiger partial charge in [0.15, 0.2) is 0 Å². The fraction of sp³-hybridized carbons (Fsp3) is 0.300. The molecule has 0 atom stereocenters. The summed E-state index contributed by atoms with van der Waals surface area (Å²) in [5.41, 5.74) is -1.77. The number of hydrogen-bond donors (Lipinski definition) is 1. The monoisotopic (exact) mass is 347 g/mol. The van der Waals surface area contributed by atoms with E-state index in [4.69, 9.17) is 16.7 Å². The molecule has 120 valence electrons. The number of carboxylic acid groups (broad SMARTS) is 1. The van der Waals surface area contributed by atoms with E-state index < -0.39 is 46.0 Å². The lowest BCUT2D eigenvalue weighted by Crippen LogP contribution is -2.39. The Kier molecular flexibility index (Phi) is 3.71. The van der Waals surface area contributed by atoms with Crippen molar-refractivity contribution in [3.05, 3.63) is 22.7 Å². The van der Waals surface area contributed by atoms with Crippen LogP contribution < -0.4 is 0 Å². The van der Waals surface area contributed by atoms with E-state index in [1.165, 1.54) is 0 Å². The van der Waals surface area contributed by atoms with Crippen LogP contribution in [-0.2, 0) is 0 Å². The lowest BCUT2D eigenvalue weighted by molar-refractivity contribution is -0.276. The third-order valence-corrected chi connectivity index (χ3v) is 3.06. The van der Waals surface area contributed by atoms with Gasteiger partial charge in [0.25, 0.3) is 0 Å². The van der Waals surface area contributed by atoms with E-state index in [1.807, 2.05) is 0 Å². The van der Waals surface area contributed by atoms with Gasteiger partial charge in [-0.1, -0.05) is 16.8 Å². The Morgan fingerprint density at radius 3 is 2.18 bits per heavy atom. The van der Waals surface area contributed by atoms with Gasteiger partial charge >= 0.3 is 18.3 Å². The van der Waals surface area contributed by atoms with Crippen molar-refractivity contribution in [2.45, 2.75) is 18.4 Å². The Hall–Kier alpha value is -2.04. The molecule has 0 aliphatic rings. The molecule has 2 aromatic rings. The summed E-state index contributed by atoms with van der Waals surface area (Å²) in [6.45, 7) is 0. The van der Waals surface area contributed by atoms with Crippen LogP contribution >= 0.6 is 11.6 Å². The van der Waals surface area contributed by atoms with Gasteiger partial charge in [-0.15, -0.1) is 5.10 Å². The third kappa shape index (κ3) is 2.67. The lowest BCUT2D eigenvalue weighted by atomic mass is 10.2. The number of rotatable bonds is 2. The predicted octanol–water partition coefficient (Wildman–Crippen LogP) is 3.45. The first-order valence-electron chi connectivity index (χ1n) is 5.34. The zero-order chi connectivity index (χ0) is 16.9. The number of aromatic nitrogens is 3. The molecular formula is C10H4ClF6N3O2. The first-order chi connectivity index (χ1) is 9.94. The maximum atomic E-state index is 12.7. The van der Waals surface area contributed by atoms with Crippen LogP contribution in [0.5, 0.6) is 0 Å². The zero-order valence-corrected chi connectivity index (χ0v) is 10.8. The standard InChI is InChI=1S/C10H4ClF6N3O2/c11-5-3(7(21)22)1-2-4-6(5)18-19-20(4)8(9(12,13)14)10(15,16)17/h1-2,8H,(H,21,22). The number of benzene rings is 1. The molecule has 0 saturated carbocycles. The lowest BCUT2D eigenvalue weighted by Gasteiger charge is -2.23. The van der Waals surface area contributed by atoms with Gasteiger partial charge in [0.05, 0.1) is 16.1 Å². The number of aromatic carboxylic acids is 1. The van der Waals surface area contributed by atoms with Gasteiger partial charge in [0, 0.05) is 0 Å². The van der Waals surface area contributed by atoms with Crippen molar-refractivity contribution >= 4 is 28.6 Å². The van der Waals surface area contributed by atoms with Crippen molar-refractivity contribution in [1.29, 1.82) is 0 Å². The Balaban J connectivity index is 2.72. The molecule has 0 fully saturated rings. The molecule has 1 N–H and O–H groups in total. The molecule has 0 unspecified atom stereocenters. The topological polar surface area (TPSA) is 68.0 Å². The first-order valence-corrected chi connectivity index (χ1v) is 5.72. The highest BCUT2D eigenvalue weighted by molar-refractivity contribution is 6.37. The van der Waals surface area contributed by atoms with Crippen molar-refractivity contribution < 1.29 is 36.2 Å². The summed E-state index contributed by atoms with van der Waals surface area (Å²) in [7, 11) is 0. The third-order valence-electron chi connectivity index (χ3n) is 2.68. The van der Waals surface area contributed by atoms with Crippen molar-refractivity contribution in [3.8, 4) is 0 Å². The molecule has 0 bridgehead atoms. The minimum absolute atomic E-state index is 0.382. The van der Waals surface area contributed by atoms with Crippen LogP contribution in [0.3, 0.4) is 0 Å². The maximum absolute atomic E-state index is 12.7. The van der Waals surface area contributed by atoms with Gasteiger partial charge in [0.2, 0.25) is 6.04 Å². The number of fused-ring (bicyclic) bond motifs is 1. The van der Waals surface area contributed by atoms with Crippen molar-refractivity contribution in [2.75, 3.05) is 0 Å². The molecule has 0 spiro atoms. The summed E-state index contributed by atoms with van der Waals surface area (Å²) in [5.74, 6) is -1.51. The molecular weight excluding hydrogens is 344 g/mol. The van der Waals surface area contributed by atoms with Crippen LogP contribution in [0.2, 0.25) is 5.02 Å². The van der Waals surface area contributed by atoms with E-state index in [-0.39, 0.29) is 4.68 Å². The number of nitrogens with zero attached hydrogens (tertiary/aromatic N) is 3. The van der Waals surface area contributed by atoms with Gasteiger partial charge in [-0.05, 0) is 12.1 Å². The molecule has 0 aliphatic carbocycles. The van der Waals surface area contributed by atoms with Crippen molar-refractivity contribution in [1.82, 2.24) is 15.0 Å². The van der Waals surface area contributed by atoms with Gasteiger partial charge < -0.3 is 5.11 Å². The quantitative estimate of drug-likeness (QED) is 0.845. The van der Waals surface area contributed by atoms with Gasteiger partial charge in [-0.3, -0.25) is 0 Å². The summed E-state index contributed by atoms with van der Waals surface area (Å²) in [6.07, 6.45) is -11.3. The highest BCUT2D eigenvalue weighted by Gasteiger charge is 2.59. The summed E-state index contributed by atoms with van der Waals surface area (Å²) in [5, 5.41) is 14.2. The Labute approximate surface area is 122 Å². The Morgan fingerprint density at radius 2 is 1.73 bits per heavy atom.